The first kappa shape index (κ1) is 15.8. The Morgan fingerprint density at radius 3 is 2.55 bits per heavy atom. The molecule has 20 heavy (non-hydrogen) atoms. The van der Waals surface area contributed by atoms with E-state index in [9.17, 15) is 18.0 Å². The topological polar surface area (TPSA) is 122 Å². The highest BCUT2D eigenvalue weighted by Gasteiger charge is 2.20. The standard InChI is InChI=1S/C11H14N2O6S/c1-3-19-11(16)13-20(17,18)12-8-6-4-5-7(2)9(8)10(14)15/h4-6,12H,3H2,1-2H3,(H,13,16)(H,14,15). The van der Waals surface area contributed by atoms with Gasteiger partial charge in [0.25, 0.3) is 0 Å². The van der Waals surface area contributed by atoms with Gasteiger partial charge in [-0.3, -0.25) is 4.72 Å². The Kier molecular flexibility index (Phi) is 4.92. The maximum Gasteiger partial charge on any atom is 0.422 e. The predicted molar refractivity (Wildman–Crippen MR) is 70.8 cm³/mol. The summed E-state index contributed by atoms with van der Waals surface area (Å²) in [5, 5.41) is 9.06. The molecular formula is C11H14N2O6S. The number of hydrogen-bond acceptors (Lipinski definition) is 5. The zero-order valence-electron chi connectivity index (χ0n) is 10.8. The zero-order chi connectivity index (χ0) is 15.3. The highest BCUT2D eigenvalue weighted by molar-refractivity contribution is 7.91. The second-order valence-corrected chi connectivity index (χ2v) is 5.15. The van der Waals surface area contributed by atoms with Gasteiger partial charge in [0.1, 0.15) is 0 Å². The molecule has 0 heterocycles. The van der Waals surface area contributed by atoms with E-state index in [2.05, 4.69) is 4.74 Å². The fourth-order valence-electron chi connectivity index (χ4n) is 1.48. The third kappa shape index (κ3) is 4.12. The number of carbonyl (C=O) groups is 2. The third-order valence-electron chi connectivity index (χ3n) is 2.22. The number of amides is 1. The first-order valence-corrected chi connectivity index (χ1v) is 7.05. The Hall–Kier alpha value is -2.29. The smallest absolute Gasteiger partial charge is 0.422 e. The number of carbonyl (C=O) groups excluding carboxylic acids is 1. The van der Waals surface area contributed by atoms with Gasteiger partial charge in [0.15, 0.2) is 0 Å². The van der Waals surface area contributed by atoms with Crippen LogP contribution in [0.15, 0.2) is 18.2 Å². The van der Waals surface area contributed by atoms with Crippen molar-refractivity contribution in [3.8, 4) is 0 Å². The maximum absolute atomic E-state index is 11.7. The van der Waals surface area contributed by atoms with Crippen molar-refractivity contribution in [3.63, 3.8) is 0 Å². The highest BCUT2D eigenvalue weighted by atomic mass is 32.2. The molecule has 0 atom stereocenters. The maximum atomic E-state index is 11.7. The van der Waals surface area contributed by atoms with Crippen molar-refractivity contribution in [2.45, 2.75) is 13.8 Å². The minimum atomic E-state index is -4.27. The van der Waals surface area contributed by atoms with Crippen molar-refractivity contribution in [3.05, 3.63) is 29.3 Å². The van der Waals surface area contributed by atoms with Crippen LogP contribution in [0.5, 0.6) is 0 Å². The van der Waals surface area contributed by atoms with E-state index in [4.69, 9.17) is 5.11 Å². The minimum absolute atomic E-state index is 0.00613. The lowest BCUT2D eigenvalue weighted by molar-refractivity contribution is 0.0697. The molecule has 0 radical (unpaired) electrons. The normalized spacial score (nSPS) is 10.7. The van der Waals surface area contributed by atoms with Crippen molar-refractivity contribution in [1.82, 2.24) is 4.72 Å². The Balaban J connectivity index is 3.01. The second kappa shape index (κ2) is 6.24. The summed E-state index contributed by atoms with van der Waals surface area (Å²) >= 11 is 0. The van der Waals surface area contributed by atoms with Crippen molar-refractivity contribution >= 4 is 28.0 Å². The summed E-state index contributed by atoms with van der Waals surface area (Å²) in [6.45, 7) is 3.05. The van der Waals surface area contributed by atoms with Gasteiger partial charge >= 0.3 is 22.3 Å². The van der Waals surface area contributed by atoms with E-state index in [1.54, 1.807) is 4.72 Å². The number of aryl methyl sites for hydroxylation is 1. The molecule has 0 spiro atoms. The molecule has 0 unspecified atom stereocenters. The molecule has 1 aromatic carbocycles. The Morgan fingerprint density at radius 2 is 2.00 bits per heavy atom. The molecule has 0 fully saturated rings. The fourth-order valence-corrected chi connectivity index (χ4v) is 2.27. The number of ether oxygens (including phenoxy) is 1. The Labute approximate surface area is 115 Å². The molecule has 0 saturated carbocycles. The largest absolute Gasteiger partial charge is 0.478 e. The monoisotopic (exact) mass is 302 g/mol. The minimum Gasteiger partial charge on any atom is -0.478 e. The molecule has 0 aliphatic rings. The summed E-state index contributed by atoms with van der Waals surface area (Å²) in [6.07, 6.45) is -1.15. The molecular weight excluding hydrogens is 288 g/mol. The highest BCUT2D eigenvalue weighted by Crippen LogP contribution is 2.20. The first-order chi connectivity index (χ1) is 9.26. The summed E-state index contributed by atoms with van der Waals surface area (Å²) in [6, 6.07) is 4.30. The molecule has 8 nitrogen and oxygen atoms in total. The number of anilines is 1. The van der Waals surface area contributed by atoms with Gasteiger partial charge in [-0.05, 0) is 25.5 Å². The van der Waals surface area contributed by atoms with E-state index in [0.29, 0.717) is 5.56 Å². The summed E-state index contributed by atoms with van der Waals surface area (Å²) in [5.41, 5.74) is 0.0462. The number of rotatable bonds is 5. The lowest BCUT2D eigenvalue weighted by Crippen LogP contribution is -2.36. The average Bonchev–Trinajstić information content (AvgIpc) is 2.26. The average molecular weight is 302 g/mol. The summed E-state index contributed by atoms with van der Waals surface area (Å²) < 4.78 is 31.3. The van der Waals surface area contributed by atoms with Gasteiger partial charge in [0.2, 0.25) is 0 Å². The Bertz CT molecular complexity index is 626. The summed E-state index contributed by atoms with van der Waals surface area (Å²) in [4.78, 5) is 22.2. The molecule has 3 N–H and O–H groups in total. The van der Waals surface area contributed by atoms with E-state index >= 15 is 0 Å². The van der Waals surface area contributed by atoms with Crippen LogP contribution < -0.4 is 9.44 Å². The Morgan fingerprint density at radius 1 is 1.35 bits per heavy atom. The SMILES string of the molecule is CCOC(=O)NS(=O)(=O)Nc1cccc(C)c1C(=O)O. The van der Waals surface area contributed by atoms with E-state index in [1.165, 1.54) is 32.0 Å². The van der Waals surface area contributed by atoms with Gasteiger partial charge in [-0.15, -0.1) is 0 Å². The van der Waals surface area contributed by atoms with Gasteiger partial charge in [0.05, 0.1) is 17.9 Å². The fraction of sp³-hybridized carbons (Fsp3) is 0.273. The van der Waals surface area contributed by atoms with E-state index in [0.717, 1.165) is 0 Å². The van der Waals surface area contributed by atoms with Gasteiger partial charge in [0, 0.05) is 0 Å². The van der Waals surface area contributed by atoms with Gasteiger partial charge < -0.3 is 9.84 Å². The predicted octanol–water partition coefficient (Wildman–Crippen LogP) is 1.10. The van der Waals surface area contributed by atoms with Crippen LogP contribution in [-0.2, 0) is 14.9 Å². The van der Waals surface area contributed by atoms with E-state index < -0.39 is 22.3 Å². The van der Waals surface area contributed by atoms with Gasteiger partial charge in [-0.2, -0.15) is 8.42 Å². The molecule has 1 amide bonds. The van der Waals surface area contributed by atoms with Crippen LogP contribution in [0.2, 0.25) is 0 Å². The van der Waals surface area contributed by atoms with Crippen molar-refractivity contribution < 1.29 is 27.9 Å². The number of nitrogens with one attached hydrogen (secondary N) is 2. The second-order valence-electron chi connectivity index (χ2n) is 3.73. The number of hydrogen-bond donors (Lipinski definition) is 3. The van der Waals surface area contributed by atoms with Crippen LogP contribution in [0.25, 0.3) is 0 Å². The van der Waals surface area contributed by atoms with Gasteiger partial charge in [-0.25, -0.2) is 14.3 Å². The summed E-state index contributed by atoms with van der Waals surface area (Å²) in [7, 11) is -4.27. The van der Waals surface area contributed by atoms with Crippen LogP contribution in [0.4, 0.5) is 10.5 Å². The summed E-state index contributed by atoms with van der Waals surface area (Å²) in [5.74, 6) is -1.28. The molecule has 1 rings (SSSR count). The molecule has 110 valence electrons. The van der Waals surface area contributed by atoms with Crippen LogP contribution in [0, 0.1) is 6.92 Å². The molecule has 0 bridgehead atoms. The molecule has 0 aliphatic heterocycles. The number of carboxylic acid groups (broad SMARTS) is 1. The van der Waals surface area contributed by atoms with E-state index in [-0.39, 0.29) is 17.9 Å². The number of aromatic carboxylic acids is 1. The molecule has 0 aliphatic carbocycles. The van der Waals surface area contributed by atoms with Crippen molar-refractivity contribution in [2.75, 3.05) is 11.3 Å². The first-order valence-electron chi connectivity index (χ1n) is 5.57. The van der Waals surface area contributed by atoms with Crippen LogP contribution in [0.1, 0.15) is 22.8 Å². The van der Waals surface area contributed by atoms with Crippen LogP contribution in [0.3, 0.4) is 0 Å². The molecule has 0 aromatic heterocycles. The zero-order valence-corrected chi connectivity index (χ0v) is 11.7. The number of carboxylic acids is 1. The van der Waals surface area contributed by atoms with Crippen molar-refractivity contribution in [1.29, 1.82) is 0 Å². The molecule has 0 saturated heterocycles. The lowest BCUT2D eigenvalue weighted by Gasteiger charge is -2.12. The van der Waals surface area contributed by atoms with Crippen molar-refractivity contribution in [2.24, 2.45) is 0 Å². The molecule has 9 heteroatoms. The van der Waals surface area contributed by atoms with Gasteiger partial charge in [-0.1, -0.05) is 12.1 Å². The van der Waals surface area contributed by atoms with E-state index in [1.807, 2.05) is 4.72 Å². The number of benzene rings is 1. The quantitative estimate of drug-likeness (QED) is 0.748. The van der Waals surface area contributed by atoms with Crippen LogP contribution >= 0.6 is 0 Å². The molecule has 1 aromatic rings. The third-order valence-corrected chi connectivity index (χ3v) is 3.15. The lowest BCUT2D eigenvalue weighted by atomic mass is 10.1. The van der Waals surface area contributed by atoms with Crippen LogP contribution in [-0.4, -0.2) is 32.2 Å².